The Hall–Kier alpha value is -2.17. The molecule has 0 bridgehead atoms. The SMILES string of the molecule is Cc1nc2c(nc3ccccn32)c(=O)[nH]1. The smallest absolute Gasteiger partial charge is 0.279 e. The molecule has 0 aliphatic carbocycles. The van der Waals surface area contributed by atoms with Crippen LogP contribution in [-0.4, -0.2) is 19.4 Å². The van der Waals surface area contributed by atoms with E-state index in [1.807, 2.05) is 24.4 Å². The van der Waals surface area contributed by atoms with E-state index in [4.69, 9.17) is 0 Å². The highest BCUT2D eigenvalue weighted by atomic mass is 16.1. The first-order chi connectivity index (χ1) is 7.25. The van der Waals surface area contributed by atoms with Crippen molar-refractivity contribution in [1.29, 1.82) is 0 Å². The predicted molar refractivity (Wildman–Crippen MR) is 55.9 cm³/mol. The average molecular weight is 200 g/mol. The number of H-pyrrole nitrogens is 1. The molecule has 0 aliphatic heterocycles. The summed E-state index contributed by atoms with van der Waals surface area (Å²) < 4.78 is 1.80. The van der Waals surface area contributed by atoms with E-state index in [1.165, 1.54) is 0 Å². The van der Waals surface area contributed by atoms with Gasteiger partial charge in [0.25, 0.3) is 5.56 Å². The number of nitrogens with one attached hydrogen (secondary N) is 1. The number of rotatable bonds is 0. The largest absolute Gasteiger partial charge is 0.309 e. The third-order valence-corrected chi connectivity index (χ3v) is 2.29. The molecule has 0 spiro atoms. The molecule has 3 heterocycles. The highest BCUT2D eigenvalue weighted by molar-refractivity contribution is 5.75. The lowest BCUT2D eigenvalue weighted by Gasteiger charge is -1.94. The molecule has 74 valence electrons. The molecule has 5 heteroatoms. The lowest BCUT2D eigenvalue weighted by atomic mass is 10.5. The molecule has 1 N–H and O–H groups in total. The average Bonchev–Trinajstić information content (AvgIpc) is 2.57. The highest BCUT2D eigenvalue weighted by Gasteiger charge is 2.08. The Balaban J connectivity index is 2.67. The summed E-state index contributed by atoms with van der Waals surface area (Å²) in [4.78, 5) is 22.7. The topological polar surface area (TPSA) is 63.1 Å². The molecular formula is C10H8N4O. The van der Waals surface area contributed by atoms with Crippen LogP contribution in [0.15, 0.2) is 29.2 Å². The van der Waals surface area contributed by atoms with Crippen molar-refractivity contribution in [3.63, 3.8) is 0 Å². The summed E-state index contributed by atoms with van der Waals surface area (Å²) in [7, 11) is 0. The predicted octanol–water partition coefficient (Wildman–Crippen LogP) is 0.879. The van der Waals surface area contributed by atoms with Crippen molar-refractivity contribution in [2.45, 2.75) is 6.92 Å². The van der Waals surface area contributed by atoms with Crippen molar-refractivity contribution in [3.05, 3.63) is 40.6 Å². The van der Waals surface area contributed by atoms with Crippen LogP contribution in [0.4, 0.5) is 0 Å². The number of aromatic amines is 1. The fourth-order valence-electron chi connectivity index (χ4n) is 1.65. The van der Waals surface area contributed by atoms with Gasteiger partial charge in [-0.05, 0) is 19.1 Å². The van der Waals surface area contributed by atoms with Crippen LogP contribution in [0.25, 0.3) is 16.8 Å². The Morgan fingerprint density at radius 1 is 1.33 bits per heavy atom. The van der Waals surface area contributed by atoms with Gasteiger partial charge in [0.2, 0.25) is 0 Å². The highest BCUT2D eigenvalue weighted by Crippen LogP contribution is 2.09. The summed E-state index contributed by atoms with van der Waals surface area (Å²) >= 11 is 0. The molecule has 3 aromatic rings. The van der Waals surface area contributed by atoms with E-state index in [9.17, 15) is 4.79 Å². The van der Waals surface area contributed by atoms with Gasteiger partial charge in [0.05, 0.1) is 0 Å². The van der Waals surface area contributed by atoms with Crippen LogP contribution in [0.3, 0.4) is 0 Å². The second kappa shape index (κ2) is 2.66. The molecule has 0 saturated carbocycles. The summed E-state index contributed by atoms with van der Waals surface area (Å²) in [6.45, 7) is 1.75. The van der Waals surface area contributed by atoms with Crippen LogP contribution in [-0.2, 0) is 0 Å². The molecule has 15 heavy (non-hydrogen) atoms. The quantitative estimate of drug-likeness (QED) is 0.586. The van der Waals surface area contributed by atoms with E-state index in [0.717, 1.165) is 5.65 Å². The third-order valence-electron chi connectivity index (χ3n) is 2.29. The fraction of sp³-hybridized carbons (Fsp3) is 0.100. The van der Waals surface area contributed by atoms with E-state index in [2.05, 4.69) is 15.0 Å². The Bertz CT molecular complexity index is 710. The molecule has 0 atom stereocenters. The van der Waals surface area contributed by atoms with E-state index in [-0.39, 0.29) is 5.56 Å². The van der Waals surface area contributed by atoms with Gasteiger partial charge in [-0.3, -0.25) is 9.20 Å². The summed E-state index contributed by atoms with van der Waals surface area (Å²) in [5, 5.41) is 0. The van der Waals surface area contributed by atoms with Crippen LogP contribution in [0.5, 0.6) is 0 Å². The summed E-state index contributed by atoms with van der Waals surface area (Å²) in [5.41, 5.74) is 1.52. The van der Waals surface area contributed by atoms with Crippen molar-refractivity contribution in [3.8, 4) is 0 Å². The summed E-state index contributed by atoms with van der Waals surface area (Å²) in [6, 6.07) is 5.60. The molecule has 0 unspecified atom stereocenters. The number of hydrogen-bond acceptors (Lipinski definition) is 3. The molecule has 3 rings (SSSR count). The Morgan fingerprint density at radius 3 is 3.07 bits per heavy atom. The molecule has 3 aromatic heterocycles. The molecule has 0 saturated heterocycles. The first kappa shape index (κ1) is 8.16. The van der Waals surface area contributed by atoms with Crippen LogP contribution in [0.2, 0.25) is 0 Å². The molecule has 5 nitrogen and oxygen atoms in total. The van der Waals surface area contributed by atoms with Crippen molar-refractivity contribution in [2.24, 2.45) is 0 Å². The Labute approximate surface area is 84.4 Å². The van der Waals surface area contributed by atoms with Gasteiger partial charge in [-0.1, -0.05) is 6.07 Å². The van der Waals surface area contributed by atoms with Crippen LogP contribution >= 0.6 is 0 Å². The van der Waals surface area contributed by atoms with Crippen LogP contribution < -0.4 is 5.56 Å². The minimum absolute atomic E-state index is 0.193. The van der Waals surface area contributed by atoms with Crippen molar-refractivity contribution in [2.75, 3.05) is 0 Å². The number of hydrogen-bond donors (Lipinski definition) is 1. The summed E-state index contributed by atoms with van der Waals surface area (Å²) in [6.07, 6.45) is 1.84. The Kier molecular flexibility index (Phi) is 1.45. The van der Waals surface area contributed by atoms with Crippen molar-refractivity contribution in [1.82, 2.24) is 19.4 Å². The zero-order chi connectivity index (χ0) is 10.4. The number of nitrogens with zero attached hydrogens (tertiary/aromatic N) is 3. The maximum atomic E-state index is 11.6. The van der Waals surface area contributed by atoms with Gasteiger partial charge in [-0.25, -0.2) is 9.97 Å². The minimum Gasteiger partial charge on any atom is -0.309 e. The zero-order valence-corrected chi connectivity index (χ0v) is 8.06. The number of pyridine rings is 1. The van der Waals surface area contributed by atoms with Gasteiger partial charge in [0, 0.05) is 6.20 Å². The van der Waals surface area contributed by atoms with E-state index in [1.54, 1.807) is 11.3 Å². The molecule has 0 aromatic carbocycles. The molecule has 0 radical (unpaired) electrons. The number of aryl methyl sites for hydroxylation is 1. The Morgan fingerprint density at radius 2 is 2.20 bits per heavy atom. The van der Waals surface area contributed by atoms with Gasteiger partial charge in [0.1, 0.15) is 11.5 Å². The number of imidazole rings is 1. The van der Waals surface area contributed by atoms with Crippen molar-refractivity contribution >= 4 is 16.8 Å². The van der Waals surface area contributed by atoms with Gasteiger partial charge < -0.3 is 4.98 Å². The van der Waals surface area contributed by atoms with E-state index < -0.39 is 0 Å². The minimum atomic E-state index is -0.193. The third kappa shape index (κ3) is 1.06. The van der Waals surface area contributed by atoms with Gasteiger partial charge in [-0.2, -0.15) is 0 Å². The monoisotopic (exact) mass is 200 g/mol. The fourth-order valence-corrected chi connectivity index (χ4v) is 1.65. The maximum Gasteiger partial charge on any atom is 0.279 e. The van der Waals surface area contributed by atoms with Crippen LogP contribution in [0.1, 0.15) is 5.82 Å². The second-order valence-corrected chi connectivity index (χ2v) is 3.36. The number of fused-ring (bicyclic) bond motifs is 3. The van der Waals surface area contributed by atoms with Gasteiger partial charge in [0.15, 0.2) is 11.2 Å². The van der Waals surface area contributed by atoms with Gasteiger partial charge in [-0.15, -0.1) is 0 Å². The normalized spacial score (nSPS) is 11.3. The van der Waals surface area contributed by atoms with E-state index in [0.29, 0.717) is 17.0 Å². The molecule has 0 aliphatic rings. The maximum absolute atomic E-state index is 11.6. The number of aromatic nitrogens is 4. The lowest BCUT2D eigenvalue weighted by Crippen LogP contribution is -2.09. The molecule has 0 amide bonds. The standard InChI is InChI=1S/C10H8N4O/c1-6-11-9-8(10(15)12-6)13-7-4-2-3-5-14(7)9/h2-5H,1H3,(H,11,12,15). The molecule has 0 fully saturated rings. The second-order valence-electron chi connectivity index (χ2n) is 3.36. The lowest BCUT2D eigenvalue weighted by molar-refractivity contribution is 1.04. The first-order valence-electron chi connectivity index (χ1n) is 4.59. The molecular weight excluding hydrogens is 192 g/mol. The van der Waals surface area contributed by atoms with Gasteiger partial charge >= 0.3 is 0 Å². The van der Waals surface area contributed by atoms with E-state index >= 15 is 0 Å². The van der Waals surface area contributed by atoms with Crippen LogP contribution in [0, 0.1) is 6.92 Å². The first-order valence-corrected chi connectivity index (χ1v) is 4.59. The zero-order valence-electron chi connectivity index (χ0n) is 8.06. The van der Waals surface area contributed by atoms with Crippen molar-refractivity contribution < 1.29 is 0 Å². The summed E-state index contributed by atoms with van der Waals surface area (Å²) in [5.74, 6) is 0.596.